The van der Waals surface area contributed by atoms with Gasteiger partial charge in [0.25, 0.3) is 5.91 Å². The molecule has 0 radical (unpaired) electrons. The number of carbonyl (C=O) groups is 1. The van der Waals surface area contributed by atoms with E-state index in [2.05, 4.69) is 20.4 Å². The molecule has 128 valence electrons. The average Bonchev–Trinajstić information content (AvgIpc) is 3.08. The molecular formula is C16H13FN4O4. The molecule has 1 aromatic carbocycles. The summed E-state index contributed by atoms with van der Waals surface area (Å²) < 4.78 is 23.4. The molecule has 0 spiro atoms. The quantitative estimate of drug-likeness (QED) is 0.726. The Balaban J connectivity index is 1.67. The molecule has 0 atom stereocenters. The van der Waals surface area contributed by atoms with Gasteiger partial charge in [0.1, 0.15) is 0 Å². The number of hydrogen-bond acceptors (Lipinski definition) is 6. The highest BCUT2D eigenvalue weighted by atomic mass is 19.1. The second kappa shape index (κ2) is 6.95. The lowest BCUT2D eigenvalue weighted by Gasteiger charge is -2.05. The van der Waals surface area contributed by atoms with Gasteiger partial charge in [0, 0.05) is 23.4 Å². The number of aromatic nitrogens is 3. The fourth-order valence-corrected chi connectivity index (χ4v) is 2.09. The van der Waals surface area contributed by atoms with E-state index in [0.717, 1.165) is 6.07 Å². The van der Waals surface area contributed by atoms with Crippen molar-refractivity contribution in [1.82, 2.24) is 20.4 Å². The van der Waals surface area contributed by atoms with E-state index in [9.17, 15) is 14.0 Å². The fraction of sp³-hybridized carbons (Fsp3) is 0.125. The summed E-state index contributed by atoms with van der Waals surface area (Å²) in [6, 6.07) is 6.82. The zero-order chi connectivity index (χ0) is 17.8. The zero-order valence-electron chi connectivity index (χ0n) is 13.1. The number of benzene rings is 1. The maximum Gasteiger partial charge on any atom is 0.251 e. The lowest BCUT2D eigenvalue weighted by atomic mass is 10.2. The molecule has 0 aliphatic rings. The molecule has 3 aromatic rings. The molecule has 2 heterocycles. The van der Waals surface area contributed by atoms with Gasteiger partial charge in [-0.3, -0.25) is 9.59 Å². The van der Waals surface area contributed by atoms with Crippen LogP contribution >= 0.6 is 0 Å². The van der Waals surface area contributed by atoms with Crippen molar-refractivity contribution in [1.29, 1.82) is 0 Å². The van der Waals surface area contributed by atoms with Gasteiger partial charge in [0.2, 0.25) is 17.3 Å². The Kier molecular flexibility index (Phi) is 4.55. The molecule has 0 saturated carbocycles. The summed E-state index contributed by atoms with van der Waals surface area (Å²) in [5.74, 6) is -0.707. The summed E-state index contributed by atoms with van der Waals surface area (Å²) in [5, 5.41) is 6.29. The summed E-state index contributed by atoms with van der Waals surface area (Å²) in [5.41, 5.74) is 0.327. The van der Waals surface area contributed by atoms with E-state index in [4.69, 9.17) is 9.26 Å². The molecule has 25 heavy (non-hydrogen) atoms. The summed E-state index contributed by atoms with van der Waals surface area (Å²) >= 11 is 0. The summed E-state index contributed by atoms with van der Waals surface area (Å²) in [6.07, 6.45) is 1.47. The Morgan fingerprint density at radius 2 is 2.20 bits per heavy atom. The molecule has 0 bridgehead atoms. The van der Waals surface area contributed by atoms with Gasteiger partial charge in [-0.15, -0.1) is 0 Å². The number of ether oxygens (including phenoxy) is 1. The van der Waals surface area contributed by atoms with Crippen molar-refractivity contribution in [3.05, 3.63) is 64.2 Å². The van der Waals surface area contributed by atoms with Crippen molar-refractivity contribution in [3.8, 4) is 17.1 Å². The van der Waals surface area contributed by atoms with Crippen LogP contribution in [0.2, 0.25) is 0 Å². The Hall–Kier alpha value is -3.49. The third-order valence-electron chi connectivity index (χ3n) is 3.32. The van der Waals surface area contributed by atoms with Crippen LogP contribution in [0.15, 0.2) is 45.8 Å². The van der Waals surface area contributed by atoms with E-state index in [1.165, 1.54) is 31.5 Å². The van der Waals surface area contributed by atoms with Crippen LogP contribution in [0.1, 0.15) is 16.2 Å². The molecule has 0 aliphatic carbocycles. The van der Waals surface area contributed by atoms with Crippen molar-refractivity contribution in [2.24, 2.45) is 0 Å². The lowest BCUT2D eigenvalue weighted by molar-refractivity contribution is 0.0945. The van der Waals surface area contributed by atoms with Gasteiger partial charge in [-0.1, -0.05) is 5.16 Å². The first-order valence-electron chi connectivity index (χ1n) is 7.20. The molecule has 9 heteroatoms. The van der Waals surface area contributed by atoms with Crippen molar-refractivity contribution < 1.29 is 18.4 Å². The number of amides is 1. The van der Waals surface area contributed by atoms with Crippen LogP contribution in [0.5, 0.6) is 5.75 Å². The van der Waals surface area contributed by atoms with E-state index in [-0.39, 0.29) is 35.1 Å². The average molecular weight is 344 g/mol. The SMILES string of the molecule is COc1ccc(C(=O)NCc2nc(-c3cc[nH]c(=O)c3)no2)cc1F. The van der Waals surface area contributed by atoms with Gasteiger partial charge in [-0.05, 0) is 24.3 Å². The number of halogens is 1. The number of methoxy groups -OCH3 is 1. The van der Waals surface area contributed by atoms with Crippen LogP contribution in [0.25, 0.3) is 11.4 Å². The van der Waals surface area contributed by atoms with Gasteiger partial charge in [0.15, 0.2) is 11.6 Å². The molecule has 0 saturated heterocycles. The Morgan fingerprint density at radius 3 is 2.92 bits per heavy atom. The molecule has 2 N–H and O–H groups in total. The molecule has 1 amide bonds. The van der Waals surface area contributed by atoms with Gasteiger partial charge < -0.3 is 19.6 Å². The largest absolute Gasteiger partial charge is 0.494 e. The number of hydrogen-bond donors (Lipinski definition) is 2. The monoisotopic (exact) mass is 344 g/mol. The van der Waals surface area contributed by atoms with Gasteiger partial charge in [0.05, 0.1) is 13.7 Å². The second-order valence-corrected chi connectivity index (χ2v) is 4.99. The molecule has 0 unspecified atom stereocenters. The van der Waals surface area contributed by atoms with E-state index < -0.39 is 11.7 Å². The number of nitrogens with zero attached hydrogens (tertiary/aromatic N) is 2. The molecule has 2 aromatic heterocycles. The van der Waals surface area contributed by atoms with Crippen LogP contribution in [-0.4, -0.2) is 28.1 Å². The van der Waals surface area contributed by atoms with Crippen molar-refractivity contribution in [3.63, 3.8) is 0 Å². The lowest BCUT2D eigenvalue weighted by Crippen LogP contribution is -2.23. The standard InChI is InChI=1S/C16H13FN4O4/c1-24-12-3-2-10(6-11(12)17)16(23)19-8-14-20-15(21-25-14)9-4-5-18-13(22)7-9/h2-7H,8H2,1H3,(H,18,22)(H,19,23). The van der Waals surface area contributed by atoms with Crippen LogP contribution < -0.4 is 15.6 Å². The predicted octanol–water partition coefficient (Wildman–Crippen LogP) is 1.50. The predicted molar refractivity (Wildman–Crippen MR) is 84.5 cm³/mol. The maximum atomic E-state index is 13.6. The molecule has 8 nitrogen and oxygen atoms in total. The van der Waals surface area contributed by atoms with Crippen LogP contribution in [0, 0.1) is 5.82 Å². The first-order chi connectivity index (χ1) is 12.1. The van der Waals surface area contributed by atoms with E-state index in [1.54, 1.807) is 6.07 Å². The highest BCUT2D eigenvalue weighted by Gasteiger charge is 2.13. The van der Waals surface area contributed by atoms with Crippen molar-refractivity contribution in [2.45, 2.75) is 6.54 Å². The van der Waals surface area contributed by atoms with Crippen LogP contribution in [0.4, 0.5) is 4.39 Å². The van der Waals surface area contributed by atoms with Gasteiger partial charge in [-0.2, -0.15) is 4.98 Å². The number of H-pyrrole nitrogens is 1. The smallest absolute Gasteiger partial charge is 0.251 e. The normalized spacial score (nSPS) is 10.5. The van der Waals surface area contributed by atoms with Crippen LogP contribution in [0.3, 0.4) is 0 Å². The third-order valence-corrected chi connectivity index (χ3v) is 3.32. The van der Waals surface area contributed by atoms with E-state index in [1.807, 2.05) is 0 Å². The second-order valence-electron chi connectivity index (χ2n) is 4.99. The molecule has 0 aliphatic heterocycles. The van der Waals surface area contributed by atoms with Gasteiger partial charge >= 0.3 is 0 Å². The molecule has 0 fully saturated rings. The highest BCUT2D eigenvalue weighted by Crippen LogP contribution is 2.18. The number of pyridine rings is 1. The Morgan fingerprint density at radius 1 is 1.36 bits per heavy atom. The Bertz CT molecular complexity index is 967. The van der Waals surface area contributed by atoms with E-state index >= 15 is 0 Å². The maximum absolute atomic E-state index is 13.6. The fourth-order valence-electron chi connectivity index (χ4n) is 2.09. The molecule has 3 rings (SSSR count). The van der Waals surface area contributed by atoms with Gasteiger partial charge in [-0.25, -0.2) is 4.39 Å². The molecular weight excluding hydrogens is 331 g/mol. The minimum absolute atomic E-state index is 0.0390. The number of aromatic amines is 1. The minimum atomic E-state index is -0.635. The Labute approximate surface area is 140 Å². The first kappa shape index (κ1) is 16.4. The van der Waals surface area contributed by atoms with E-state index in [0.29, 0.717) is 5.56 Å². The summed E-state index contributed by atoms with van der Waals surface area (Å²) in [7, 11) is 1.34. The first-order valence-corrected chi connectivity index (χ1v) is 7.20. The summed E-state index contributed by atoms with van der Waals surface area (Å²) in [4.78, 5) is 29.9. The topological polar surface area (TPSA) is 110 Å². The van der Waals surface area contributed by atoms with Crippen LogP contribution in [-0.2, 0) is 6.54 Å². The zero-order valence-corrected chi connectivity index (χ0v) is 13.1. The number of rotatable bonds is 5. The summed E-state index contributed by atoms with van der Waals surface area (Å²) in [6.45, 7) is -0.0390. The number of carbonyl (C=O) groups excluding carboxylic acids is 1. The van der Waals surface area contributed by atoms with Crippen molar-refractivity contribution in [2.75, 3.05) is 7.11 Å². The third kappa shape index (κ3) is 3.71. The number of nitrogens with one attached hydrogen (secondary N) is 2. The minimum Gasteiger partial charge on any atom is -0.494 e. The van der Waals surface area contributed by atoms with Crippen molar-refractivity contribution >= 4 is 5.91 Å². The highest BCUT2D eigenvalue weighted by molar-refractivity contribution is 5.94.